The predicted molar refractivity (Wildman–Crippen MR) is 130 cm³/mol. The number of nitrogens with one attached hydrogen (secondary N) is 1. The monoisotopic (exact) mass is 465 g/mol. The van der Waals surface area contributed by atoms with Crippen LogP contribution in [0.15, 0.2) is 60.7 Å². The van der Waals surface area contributed by atoms with E-state index in [2.05, 4.69) is 10.2 Å². The minimum Gasteiger partial charge on any atom is -0.445 e. The molecular formula is C27H35N3O4. The largest absolute Gasteiger partial charge is 0.445 e. The van der Waals surface area contributed by atoms with Gasteiger partial charge in [0, 0.05) is 39.1 Å². The van der Waals surface area contributed by atoms with Gasteiger partial charge >= 0.3 is 6.09 Å². The van der Waals surface area contributed by atoms with E-state index in [1.54, 1.807) is 0 Å². The highest BCUT2D eigenvalue weighted by atomic mass is 16.5. The molecule has 2 amide bonds. The van der Waals surface area contributed by atoms with Gasteiger partial charge in [0.1, 0.15) is 12.6 Å². The van der Waals surface area contributed by atoms with E-state index in [-0.39, 0.29) is 12.5 Å². The van der Waals surface area contributed by atoms with Gasteiger partial charge in [0.2, 0.25) is 5.91 Å². The van der Waals surface area contributed by atoms with E-state index >= 15 is 0 Å². The zero-order valence-electron chi connectivity index (χ0n) is 19.7. The smallest absolute Gasteiger partial charge is 0.408 e. The Hall–Kier alpha value is -2.90. The summed E-state index contributed by atoms with van der Waals surface area (Å²) in [5, 5.41) is 2.84. The number of nitrogens with zero attached hydrogens (tertiary/aromatic N) is 2. The second-order valence-corrected chi connectivity index (χ2v) is 9.13. The van der Waals surface area contributed by atoms with Crippen molar-refractivity contribution in [2.75, 3.05) is 45.9 Å². The molecule has 0 saturated carbocycles. The van der Waals surface area contributed by atoms with Crippen LogP contribution in [0.4, 0.5) is 4.79 Å². The van der Waals surface area contributed by atoms with E-state index in [0.29, 0.717) is 12.3 Å². The number of hydrogen-bond acceptors (Lipinski definition) is 5. The van der Waals surface area contributed by atoms with Crippen LogP contribution in [0.2, 0.25) is 0 Å². The van der Waals surface area contributed by atoms with Crippen LogP contribution in [0.5, 0.6) is 0 Å². The lowest BCUT2D eigenvalue weighted by Gasteiger charge is -2.37. The average molecular weight is 466 g/mol. The van der Waals surface area contributed by atoms with Gasteiger partial charge in [0.25, 0.3) is 0 Å². The van der Waals surface area contributed by atoms with Crippen LogP contribution in [0.1, 0.15) is 24.0 Å². The highest BCUT2D eigenvalue weighted by Gasteiger charge is 2.30. The molecule has 7 nitrogen and oxygen atoms in total. The molecule has 0 radical (unpaired) electrons. The van der Waals surface area contributed by atoms with Gasteiger partial charge in [-0.05, 0) is 29.9 Å². The molecule has 4 rings (SSSR count). The van der Waals surface area contributed by atoms with Gasteiger partial charge < -0.3 is 19.7 Å². The molecule has 2 aliphatic heterocycles. The Morgan fingerprint density at radius 1 is 0.912 bits per heavy atom. The molecule has 0 bridgehead atoms. The lowest BCUT2D eigenvalue weighted by Crippen LogP contribution is -2.52. The molecule has 1 N–H and O–H groups in total. The maximum Gasteiger partial charge on any atom is 0.408 e. The number of benzene rings is 2. The van der Waals surface area contributed by atoms with Crippen molar-refractivity contribution >= 4 is 12.0 Å². The van der Waals surface area contributed by atoms with Crippen LogP contribution in [0, 0.1) is 5.92 Å². The van der Waals surface area contributed by atoms with Crippen LogP contribution in [0.25, 0.3) is 0 Å². The van der Waals surface area contributed by atoms with Crippen LogP contribution in [0.3, 0.4) is 0 Å². The van der Waals surface area contributed by atoms with Crippen molar-refractivity contribution in [2.24, 2.45) is 5.92 Å². The second kappa shape index (κ2) is 12.5. The fourth-order valence-electron chi connectivity index (χ4n) is 4.66. The molecule has 1 atom stereocenters. The normalized spacial score (nSPS) is 18.3. The number of carbonyl (C=O) groups is 2. The Labute approximate surface area is 202 Å². The molecule has 0 aromatic heterocycles. The van der Waals surface area contributed by atoms with Crippen LogP contribution >= 0.6 is 0 Å². The van der Waals surface area contributed by atoms with E-state index < -0.39 is 12.1 Å². The number of piperidine rings is 1. The number of amides is 2. The molecular weight excluding hydrogens is 430 g/mol. The molecule has 0 aliphatic carbocycles. The minimum atomic E-state index is -0.651. The van der Waals surface area contributed by atoms with Crippen LogP contribution in [-0.2, 0) is 27.3 Å². The Morgan fingerprint density at radius 3 is 2.18 bits per heavy atom. The Balaban J connectivity index is 1.32. The van der Waals surface area contributed by atoms with Crippen molar-refractivity contribution in [2.45, 2.75) is 31.9 Å². The molecule has 2 aromatic rings. The zero-order chi connectivity index (χ0) is 23.6. The summed E-state index contributed by atoms with van der Waals surface area (Å²) in [6.45, 7) is 6.30. The Bertz CT molecular complexity index is 895. The van der Waals surface area contributed by atoms with Crippen molar-refractivity contribution in [3.63, 3.8) is 0 Å². The molecule has 0 unspecified atom stereocenters. The number of hydrogen-bond donors (Lipinski definition) is 1. The Kier molecular flexibility index (Phi) is 8.93. The van der Waals surface area contributed by atoms with Gasteiger partial charge in [-0.15, -0.1) is 0 Å². The quantitative estimate of drug-likeness (QED) is 0.649. The van der Waals surface area contributed by atoms with E-state index in [0.717, 1.165) is 69.9 Å². The van der Waals surface area contributed by atoms with Gasteiger partial charge in [0.15, 0.2) is 0 Å². The minimum absolute atomic E-state index is 0.0367. The fourth-order valence-corrected chi connectivity index (χ4v) is 4.66. The van der Waals surface area contributed by atoms with Crippen molar-refractivity contribution in [3.8, 4) is 0 Å². The first kappa shape index (κ1) is 24.2. The third kappa shape index (κ3) is 7.30. The molecule has 2 aliphatic rings. The SMILES string of the molecule is O=C(N[C@@H](Cc1ccccc1)C(=O)N1CCC(CN2CCOCC2)CC1)OCc1ccccc1. The van der Waals surface area contributed by atoms with Crippen LogP contribution in [-0.4, -0.2) is 73.8 Å². The molecule has 0 spiro atoms. The molecule has 7 heteroatoms. The van der Waals surface area contributed by atoms with Crippen molar-refractivity contribution in [3.05, 3.63) is 71.8 Å². The Morgan fingerprint density at radius 2 is 1.53 bits per heavy atom. The number of alkyl carbamates (subject to hydrolysis) is 1. The number of ether oxygens (including phenoxy) is 2. The van der Waals surface area contributed by atoms with Gasteiger partial charge in [-0.25, -0.2) is 4.79 Å². The topological polar surface area (TPSA) is 71.1 Å². The molecule has 34 heavy (non-hydrogen) atoms. The standard InChI is InChI=1S/C27H35N3O4/c31-26(30-13-11-23(12-14-30)20-29-15-17-33-18-16-29)25(19-22-7-3-1-4-8-22)28-27(32)34-21-24-9-5-2-6-10-24/h1-10,23,25H,11-21H2,(H,28,32)/t25-/m0/s1. The molecule has 2 aromatic carbocycles. The second-order valence-electron chi connectivity index (χ2n) is 9.13. The first-order valence-corrected chi connectivity index (χ1v) is 12.3. The molecule has 182 valence electrons. The van der Waals surface area contributed by atoms with Gasteiger partial charge in [-0.2, -0.15) is 0 Å². The highest BCUT2D eigenvalue weighted by Crippen LogP contribution is 2.20. The summed E-state index contributed by atoms with van der Waals surface area (Å²) < 4.78 is 10.8. The van der Waals surface area contributed by atoms with E-state index in [9.17, 15) is 9.59 Å². The summed E-state index contributed by atoms with van der Waals surface area (Å²) in [6.07, 6.45) is 1.84. The van der Waals surface area contributed by atoms with E-state index in [1.165, 1.54) is 0 Å². The first-order chi connectivity index (χ1) is 16.7. The van der Waals surface area contributed by atoms with Crippen LogP contribution < -0.4 is 5.32 Å². The van der Waals surface area contributed by atoms with E-state index in [1.807, 2.05) is 65.6 Å². The summed E-state index contributed by atoms with van der Waals surface area (Å²) in [5.41, 5.74) is 1.91. The van der Waals surface area contributed by atoms with E-state index in [4.69, 9.17) is 9.47 Å². The molecule has 2 fully saturated rings. The third-order valence-electron chi connectivity index (χ3n) is 6.63. The first-order valence-electron chi connectivity index (χ1n) is 12.3. The van der Waals surface area contributed by atoms with Crippen molar-refractivity contribution in [1.82, 2.24) is 15.1 Å². The zero-order valence-corrected chi connectivity index (χ0v) is 19.7. The number of likely N-dealkylation sites (tertiary alicyclic amines) is 1. The van der Waals surface area contributed by atoms with Gasteiger partial charge in [0.05, 0.1) is 13.2 Å². The summed E-state index contributed by atoms with van der Waals surface area (Å²) in [6, 6.07) is 18.7. The number of rotatable bonds is 8. The maximum atomic E-state index is 13.4. The summed E-state index contributed by atoms with van der Waals surface area (Å²) in [7, 11) is 0. The fraction of sp³-hybridized carbons (Fsp3) is 0.481. The molecule has 2 saturated heterocycles. The lowest BCUT2D eigenvalue weighted by molar-refractivity contribution is -0.134. The summed E-state index contributed by atoms with van der Waals surface area (Å²) in [4.78, 5) is 30.4. The predicted octanol–water partition coefficient (Wildman–Crippen LogP) is 3.09. The summed E-state index contributed by atoms with van der Waals surface area (Å²) in [5.74, 6) is 0.559. The van der Waals surface area contributed by atoms with Gasteiger partial charge in [-0.3, -0.25) is 9.69 Å². The maximum absolute atomic E-state index is 13.4. The highest BCUT2D eigenvalue weighted by molar-refractivity contribution is 5.86. The van der Waals surface area contributed by atoms with Crippen molar-refractivity contribution < 1.29 is 19.1 Å². The molecule has 2 heterocycles. The number of carbonyl (C=O) groups excluding carboxylic acids is 2. The third-order valence-corrected chi connectivity index (χ3v) is 6.63. The summed E-state index contributed by atoms with van der Waals surface area (Å²) >= 11 is 0. The van der Waals surface area contributed by atoms with Crippen molar-refractivity contribution in [1.29, 1.82) is 0 Å². The number of morpholine rings is 1. The lowest BCUT2D eigenvalue weighted by atomic mass is 9.95. The average Bonchev–Trinajstić information content (AvgIpc) is 2.89. The van der Waals surface area contributed by atoms with Gasteiger partial charge in [-0.1, -0.05) is 60.7 Å².